The molecule has 0 radical (unpaired) electrons. The molecule has 2 aromatic heterocycles. The molecular formula is C32H34ClN5S. The summed E-state index contributed by atoms with van der Waals surface area (Å²) in [6.45, 7) is 8.71. The Balaban J connectivity index is 1.43. The summed E-state index contributed by atoms with van der Waals surface area (Å²) >= 11 is 12.9. The zero-order valence-corrected chi connectivity index (χ0v) is 24.2. The molecule has 0 bridgehead atoms. The van der Waals surface area contributed by atoms with E-state index in [-0.39, 0.29) is 12.1 Å². The summed E-state index contributed by atoms with van der Waals surface area (Å²) in [5.41, 5.74) is 7.83. The lowest BCUT2D eigenvalue weighted by Gasteiger charge is -2.33. The van der Waals surface area contributed by atoms with Crippen LogP contribution < -0.4 is 15.1 Å². The van der Waals surface area contributed by atoms with Crippen molar-refractivity contribution in [1.82, 2.24) is 14.9 Å². The van der Waals surface area contributed by atoms with Crippen molar-refractivity contribution in [2.75, 3.05) is 22.9 Å². The van der Waals surface area contributed by atoms with Crippen LogP contribution in [0.1, 0.15) is 54.4 Å². The lowest BCUT2D eigenvalue weighted by Crippen LogP contribution is -2.33. The first-order valence-corrected chi connectivity index (χ1v) is 14.5. The zero-order valence-electron chi connectivity index (χ0n) is 22.6. The number of benzene rings is 2. The third-order valence-corrected chi connectivity index (χ3v) is 8.90. The fourth-order valence-corrected chi connectivity index (χ4v) is 6.47. The summed E-state index contributed by atoms with van der Waals surface area (Å²) < 4.78 is 2.26. The number of rotatable bonds is 5. The molecule has 0 unspecified atom stereocenters. The van der Waals surface area contributed by atoms with Gasteiger partial charge in [-0.25, -0.2) is 0 Å². The Morgan fingerprint density at radius 2 is 1.72 bits per heavy atom. The molecular weight excluding hydrogens is 522 g/mol. The molecule has 1 N–H and O–H groups in total. The number of nitrogens with zero attached hydrogens (tertiary/aromatic N) is 4. The average molecular weight is 556 g/mol. The molecule has 6 rings (SSSR count). The van der Waals surface area contributed by atoms with E-state index >= 15 is 0 Å². The van der Waals surface area contributed by atoms with Crippen molar-refractivity contribution in [3.8, 4) is 5.69 Å². The van der Waals surface area contributed by atoms with Gasteiger partial charge < -0.3 is 19.7 Å². The van der Waals surface area contributed by atoms with Gasteiger partial charge in [0.1, 0.15) is 6.04 Å². The highest BCUT2D eigenvalue weighted by Gasteiger charge is 2.42. The van der Waals surface area contributed by atoms with Crippen molar-refractivity contribution in [1.29, 1.82) is 0 Å². The Bertz CT molecular complexity index is 1490. The molecule has 200 valence electrons. The van der Waals surface area contributed by atoms with E-state index in [1.807, 2.05) is 18.3 Å². The van der Waals surface area contributed by atoms with Crippen LogP contribution in [0.4, 0.5) is 11.4 Å². The predicted octanol–water partition coefficient (Wildman–Crippen LogP) is 7.56. The zero-order chi connectivity index (χ0) is 27.1. The maximum Gasteiger partial charge on any atom is 0.174 e. The lowest BCUT2D eigenvalue weighted by atomic mass is 9.98. The van der Waals surface area contributed by atoms with E-state index in [4.69, 9.17) is 28.8 Å². The van der Waals surface area contributed by atoms with Gasteiger partial charge in [-0.3, -0.25) is 4.98 Å². The van der Waals surface area contributed by atoms with Gasteiger partial charge in [0.05, 0.1) is 22.4 Å². The molecule has 2 aliphatic rings. The van der Waals surface area contributed by atoms with Crippen LogP contribution in [0, 0.1) is 19.8 Å². The van der Waals surface area contributed by atoms with Crippen LogP contribution in [-0.4, -0.2) is 27.8 Å². The molecule has 2 atom stereocenters. The first-order chi connectivity index (χ1) is 18.9. The van der Waals surface area contributed by atoms with Gasteiger partial charge in [-0.1, -0.05) is 30.7 Å². The van der Waals surface area contributed by atoms with Crippen molar-refractivity contribution >= 4 is 40.3 Å². The molecule has 2 saturated heterocycles. The minimum atomic E-state index is -0.124. The van der Waals surface area contributed by atoms with Crippen LogP contribution in [-0.2, 0) is 0 Å². The van der Waals surface area contributed by atoms with Crippen molar-refractivity contribution < 1.29 is 0 Å². The second-order valence-electron chi connectivity index (χ2n) is 10.9. The summed E-state index contributed by atoms with van der Waals surface area (Å²) in [4.78, 5) is 9.33. The van der Waals surface area contributed by atoms with Crippen molar-refractivity contribution in [2.24, 2.45) is 5.92 Å². The summed E-state index contributed by atoms with van der Waals surface area (Å²) in [6, 6.07) is 23.1. The average Bonchev–Trinajstić information content (AvgIpc) is 3.55. The number of halogens is 1. The second kappa shape index (κ2) is 10.7. The van der Waals surface area contributed by atoms with Crippen molar-refractivity contribution in [2.45, 2.75) is 45.7 Å². The summed E-state index contributed by atoms with van der Waals surface area (Å²) in [5.74, 6) is 0.769. The number of nitrogens with one attached hydrogen (secondary N) is 1. The molecule has 2 aromatic carbocycles. The summed E-state index contributed by atoms with van der Waals surface area (Å²) in [7, 11) is 0. The summed E-state index contributed by atoms with van der Waals surface area (Å²) in [6.07, 6.45) is 6.36. The van der Waals surface area contributed by atoms with E-state index in [0.29, 0.717) is 5.11 Å². The van der Waals surface area contributed by atoms with Gasteiger partial charge in [0.2, 0.25) is 0 Å². The van der Waals surface area contributed by atoms with Gasteiger partial charge in [-0.05, 0) is 111 Å². The molecule has 2 fully saturated rings. The van der Waals surface area contributed by atoms with Gasteiger partial charge in [-0.15, -0.1) is 0 Å². The first-order valence-electron chi connectivity index (χ1n) is 13.7. The maximum absolute atomic E-state index is 6.96. The molecule has 4 aromatic rings. The molecule has 5 nitrogen and oxygen atoms in total. The number of anilines is 2. The monoisotopic (exact) mass is 555 g/mol. The Hall–Kier alpha value is -3.35. The van der Waals surface area contributed by atoms with Gasteiger partial charge in [0.15, 0.2) is 5.11 Å². The molecule has 0 amide bonds. The molecule has 2 aliphatic heterocycles. The van der Waals surface area contributed by atoms with Crippen LogP contribution in [0.25, 0.3) is 5.69 Å². The number of aromatic nitrogens is 2. The van der Waals surface area contributed by atoms with Crippen LogP contribution in [0.2, 0.25) is 5.02 Å². The minimum Gasteiger partial charge on any atom is -0.370 e. The smallest absolute Gasteiger partial charge is 0.174 e. The van der Waals surface area contributed by atoms with Gasteiger partial charge >= 0.3 is 0 Å². The van der Waals surface area contributed by atoms with E-state index in [1.165, 1.54) is 24.0 Å². The van der Waals surface area contributed by atoms with Gasteiger partial charge in [-0.2, -0.15) is 0 Å². The second-order valence-corrected chi connectivity index (χ2v) is 11.7. The molecule has 7 heteroatoms. The summed E-state index contributed by atoms with van der Waals surface area (Å²) in [5, 5.41) is 5.01. The van der Waals surface area contributed by atoms with Gasteiger partial charge in [0.25, 0.3) is 0 Å². The number of thiocarbonyl (C=S) groups is 1. The van der Waals surface area contributed by atoms with Crippen molar-refractivity contribution in [3.05, 3.63) is 107 Å². The van der Waals surface area contributed by atoms with Crippen LogP contribution in [0.15, 0.2) is 79.1 Å². The maximum atomic E-state index is 6.96. The fraction of sp³-hybridized carbons (Fsp3) is 0.312. The highest BCUT2D eigenvalue weighted by molar-refractivity contribution is 7.80. The van der Waals surface area contributed by atoms with Gasteiger partial charge in [0, 0.05) is 42.6 Å². The first kappa shape index (κ1) is 25.9. The van der Waals surface area contributed by atoms with E-state index < -0.39 is 0 Å². The lowest BCUT2D eigenvalue weighted by molar-refractivity contribution is 0.438. The molecule has 4 heterocycles. The standard InChI is InChI=1S/C32H34ClN5S/c1-21-13-17-36(18-14-21)28-12-11-25(20-26(28)33)38-31(30(35-32(38)39)27-7-4-5-15-34-27)29-8-6-16-37(29)24-10-9-22(2)23(3)19-24/h4-12,15-16,19-21,30-31H,13-14,17-18H2,1-3H3,(H,35,39)/t30-,31+/m0/s1. The van der Waals surface area contributed by atoms with Crippen molar-refractivity contribution in [3.63, 3.8) is 0 Å². The molecule has 39 heavy (non-hydrogen) atoms. The quantitative estimate of drug-likeness (QED) is 0.257. The van der Waals surface area contributed by atoms with E-state index in [1.54, 1.807) is 0 Å². The third-order valence-electron chi connectivity index (χ3n) is 8.28. The third kappa shape index (κ3) is 4.92. The molecule has 0 saturated carbocycles. The topological polar surface area (TPSA) is 36.3 Å². The number of piperidine rings is 1. The number of hydrogen-bond acceptors (Lipinski definition) is 3. The SMILES string of the molecule is Cc1ccc(-n2cccc2[C@@H]2[C@H](c3ccccn3)NC(=S)N2c2ccc(N3CCC(C)CC3)c(Cl)c2)cc1C. The Morgan fingerprint density at radius 3 is 2.44 bits per heavy atom. The highest BCUT2D eigenvalue weighted by atomic mass is 35.5. The van der Waals surface area contributed by atoms with E-state index in [2.05, 4.69) is 101 Å². The normalized spacial score (nSPS) is 19.9. The van der Waals surface area contributed by atoms with Crippen LogP contribution >= 0.6 is 23.8 Å². The number of aryl methyl sites for hydroxylation is 2. The number of pyridine rings is 1. The Labute approximate surface area is 241 Å². The molecule has 0 aliphatic carbocycles. The van der Waals surface area contributed by atoms with E-state index in [9.17, 15) is 0 Å². The Morgan fingerprint density at radius 1 is 0.923 bits per heavy atom. The Kier molecular flexibility index (Phi) is 7.08. The van der Waals surface area contributed by atoms with Crippen LogP contribution in [0.5, 0.6) is 0 Å². The highest BCUT2D eigenvalue weighted by Crippen LogP contribution is 2.44. The van der Waals surface area contributed by atoms with Crippen LogP contribution in [0.3, 0.4) is 0 Å². The van der Waals surface area contributed by atoms with E-state index in [0.717, 1.165) is 52.5 Å². The minimum absolute atomic E-state index is 0.123. The largest absolute Gasteiger partial charge is 0.370 e. The fourth-order valence-electron chi connectivity index (χ4n) is 5.83. The predicted molar refractivity (Wildman–Crippen MR) is 165 cm³/mol. The molecule has 0 spiro atoms. The number of hydrogen-bond donors (Lipinski definition) is 1.